The highest BCUT2D eigenvalue weighted by Gasteiger charge is 2.44. The van der Waals surface area contributed by atoms with Crippen molar-refractivity contribution in [1.82, 2.24) is 0 Å². The second-order valence-electron chi connectivity index (χ2n) is 9.75. The molecule has 1 heterocycles. The highest BCUT2D eigenvalue weighted by molar-refractivity contribution is 5.87. The van der Waals surface area contributed by atoms with Crippen LogP contribution < -0.4 is 0 Å². The van der Waals surface area contributed by atoms with Crippen molar-refractivity contribution in [1.29, 1.82) is 0 Å². The molecule has 0 aliphatic carbocycles. The second kappa shape index (κ2) is 9.03. The first-order valence-electron chi connectivity index (χ1n) is 11.6. The lowest BCUT2D eigenvalue weighted by Gasteiger charge is -2.22. The summed E-state index contributed by atoms with van der Waals surface area (Å²) in [6.07, 6.45) is -0.349. The van der Waals surface area contributed by atoms with E-state index >= 15 is 0 Å². The Morgan fingerprint density at radius 2 is 1.29 bits per heavy atom. The minimum Gasteiger partial charge on any atom is -0.358 e. The zero-order valence-electron chi connectivity index (χ0n) is 20.7. The summed E-state index contributed by atoms with van der Waals surface area (Å²) in [5, 5.41) is 11.2. The molecule has 0 saturated carbocycles. The number of allylic oxidation sites excluding steroid dienone is 1. The molecule has 0 N–H and O–H groups in total. The summed E-state index contributed by atoms with van der Waals surface area (Å²) in [5.74, 6) is 0. The lowest BCUT2D eigenvalue weighted by Crippen LogP contribution is -2.21. The Bertz CT molecular complexity index is 1230. The topological polar surface area (TPSA) is 52.4 Å². The van der Waals surface area contributed by atoms with Gasteiger partial charge in [0.1, 0.15) is 6.10 Å². The van der Waals surface area contributed by atoms with Crippen molar-refractivity contribution in [2.45, 2.75) is 53.2 Å². The average Bonchev–Trinajstić information content (AvgIpc) is 3.07. The maximum absolute atomic E-state index is 11.2. The quantitative estimate of drug-likeness (QED) is 0.298. The van der Waals surface area contributed by atoms with Gasteiger partial charge in [0, 0.05) is 12.1 Å². The highest BCUT2D eigenvalue weighted by atomic mass is 16.6. The summed E-state index contributed by atoms with van der Waals surface area (Å²) in [5.41, 5.74) is 9.73. The molecule has 0 aromatic heterocycles. The van der Waals surface area contributed by atoms with Gasteiger partial charge in [0.25, 0.3) is 5.69 Å². The van der Waals surface area contributed by atoms with E-state index in [2.05, 4.69) is 90.1 Å². The van der Waals surface area contributed by atoms with Gasteiger partial charge in [-0.15, -0.1) is 0 Å². The van der Waals surface area contributed by atoms with Crippen molar-refractivity contribution in [3.63, 3.8) is 0 Å². The third-order valence-electron chi connectivity index (χ3n) is 6.40. The minimum absolute atomic E-state index is 0.0752. The summed E-state index contributed by atoms with van der Waals surface area (Å²) >= 11 is 0. The number of ether oxygens (including phenoxy) is 1. The van der Waals surface area contributed by atoms with Gasteiger partial charge in [-0.1, -0.05) is 65.2 Å². The molecule has 3 aromatic carbocycles. The lowest BCUT2D eigenvalue weighted by atomic mass is 9.80. The Labute approximate surface area is 201 Å². The van der Waals surface area contributed by atoms with Crippen molar-refractivity contribution in [2.75, 3.05) is 0 Å². The van der Waals surface area contributed by atoms with E-state index in [0.29, 0.717) is 0 Å². The normalized spacial score (nSPS) is 17.1. The zero-order valence-corrected chi connectivity index (χ0v) is 20.7. The van der Waals surface area contributed by atoms with Crippen LogP contribution in [0.3, 0.4) is 0 Å². The van der Waals surface area contributed by atoms with Crippen molar-refractivity contribution in [3.05, 3.63) is 127 Å². The smallest absolute Gasteiger partial charge is 0.269 e. The Morgan fingerprint density at radius 3 is 1.71 bits per heavy atom. The van der Waals surface area contributed by atoms with E-state index in [0.717, 1.165) is 27.8 Å². The van der Waals surface area contributed by atoms with Crippen molar-refractivity contribution in [3.8, 4) is 0 Å². The molecule has 1 aliphatic heterocycles. The van der Waals surface area contributed by atoms with Gasteiger partial charge in [0.15, 0.2) is 0 Å². The molecule has 0 bridgehead atoms. The molecule has 1 saturated heterocycles. The van der Waals surface area contributed by atoms with E-state index in [1.54, 1.807) is 12.1 Å². The van der Waals surface area contributed by atoms with Gasteiger partial charge in [0.2, 0.25) is 0 Å². The predicted molar refractivity (Wildman–Crippen MR) is 138 cm³/mol. The van der Waals surface area contributed by atoms with Crippen molar-refractivity contribution in [2.24, 2.45) is 0 Å². The number of nitro groups is 1. The molecule has 0 radical (unpaired) electrons. The largest absolute Gasteiger partial charge is 0.358 e. The molecule has 34 heavy (non-hydrogen) atoms. The van der Waals surface area contributed by atoms with Crippen molar-refractivity contribution < 1.29 is 9.66 Å². The van der Waals surface area contributed by atoms with Gasteiger partial charge < -0.3 is 4.74 Å². The number of hydrogen-bond acceptors (Lipinski definition) is 3. The maximum atomic E-state index is 11.2. The molecule has 1 unspecified atom stereocenters. The number of hydrogen-bond donors (Lipinski definition) is 0. The Morgan fingerprint density at radius 1 is 0.824 bits per heavy atom. The molecular formula is C30H31NO3. The molecule has 0 amide bonds. The molecule has 0 spiro atoms. The first kappa shape index (κ1) is 23.7. The van der Waals surface area contributed by atoms with E-state index < -0.39 is 5.60 Å². The Balaban J connectivity index is 2.06. The van der Waals surface area contributed by atoms with E-state index in [4.69, 9.17) is 4.74 Å². The van der Waals surface area contributed by atoms with Crippen LogP contribution in [0.1, 0.15) is 61.6 Å². The third kappa shape index (κ3) is 4.46. The molecule has 1 aliphatic rings. The van der Waals surface area contributed by atoms with E-state index in [1.807, 2.05) is 12.1 Å². The van der Waals surface area contributed by atoms with Gasteiger partial charge in [-0.3, -0.25) is 10.1 Å². The summed E-state index contributed by atoms with van der Waals surface area (Å²) < 4.78 is 6.71. The molecule has 1 atom stereocenters. The molecule has 4 nitrogen and oxygen atoms in total. The molecule has 174 valence electrons. The van der Waals surface area contributed by atoms with Crippen LogP contribution >= 0.6 is 0 Å². The number of nitrogens with zero attached hydrogens (tertiary/aromatic N) is 1. The van der Waals surface area contributed by atoms with Gasteiger partial charge in [0.05, 0.1) is 10.5 Å². The maximum Gasteiger partial charge on any atom is 0.269 e. The Kier molecular flexibility index (Phi) is 6.28. The molecule has 4 rings (SSSR count). The fourth-order valence-corrected chi connectivity index (χ4v) is 4.92. The molecule has 3 aromatic rings. The summed E-state index contributed by atoms with van der Waals surface area (Å²) in [6, 6.07) is 23.9. The summed E-state index contributed by atoms with van der Waals surface area (Å²) in [7, 11) is 0. The minimum atomic E-state index is -0.513. The molecular weight excluding hydrogens is 422 g/mol. The predicted octanol–water partition coefficient (Wildman–Crippen LogP) is 7.90. The van der Waals surface area contributed by atoms with E-state index in [1.165, 1.54) is 22.3 Å². The SMILES string of the molecule is CC(C)=C1C(=C(c2ccc(C)cc2)c2ccc(C)cc2)C(c2ccc([N+](=O)[O-])cc2)OC1(C)C. The highest BCUT2D eigenvalue weighted by Crippen LogP contribution is 2.52. The third-order valence-corrected chi connectivity index (χ3v) is 6.40. The van der Waals surface area contributed by atoms with E-state index in [9.17, 15) is 10.1 Å². The van der Waals surface area contributed by atoms with Crippen LogP contribution in [-0.2, 0) is 4.74 Å². The first-order valence-corrected chi connectivity index (χ1v) is 11.6. The fraction of sp³-hybridized carbons (Fsp3) is 0.267. The number of non-ortho nitro benzene ring substituents is 1. The number of rotatable bonds is 4. The van der Waals surface area contributed by atoms with Crippen molar-refractivity contribution >= 4 is 11.3 Å². The molecule has 1 fully saturated rings. The van der Waals surface area contributed by atoms with Crippen LogP contribution in [0.2, 0.25) is 0 Å². The lowest BCUT2D eigenvalue weighted by molar-refractivity contribution is -0.384. The van der Waals surface area contributed by atoms with Crippen LogP contribution in [0, 0.1) is 24.0 Å². The van der Waals surface area contributed by atoms with Crippen LogP contribution in [-0.4, -0.2) is 10.5 Å². The second-order valence-corrected chi connectivity index (χ2v) is 9.75. The number of nitro benzene ring substituents is 1. The van der Waals surface area contributed by atoms with Gasteiger partial charge in [-0.25, -0.2) is 0 Å². The zero-order chi connectivity index (χ0) is 24.6. The first-order chi connectivity index (χ1) is 16.1. The number of benzene rings is 3. The van der Waals surface area contributed by atoms with E-state index in [-0.39, 0.29) is 16.7 Å². The van der Waals surface area contributed by atoms with Gasteiger partial charge in [-0.2, -0.15) is 0 Å². The van der Waals surface area contributed by atoms with Gasteiger partial charge in [-0.05, 0) is 87.1 Å². The summed E-state index contributed by atoms with van der Waals surface area (Å²) in [6.45, 7) is 12.6. The standard InChI is InChI=1S/C30H31NO3/c1-19(2)28-27(29(34-30(28,5)6)24-15-17-25(18-16-24)31(32)33)26(22-11-7-20(3)8-12-22)23-13-9-21(4)10-14-23/h7-18,29H,1-6H3. The van der Waals surface area contributed by atoms with Crippen LogP contribution in [0.4, 0.5) is 5.69 Å². The monoisotopic (exact) mass is 453 g/mol. The average molecular weight is 454 g/mol. The molecule has 4 heteroatoms. The van der Waals surface area contributed by atoms with Crippen LogP contribution in [0.15, 0.2) is 89.5 Å². The Hall–Kier alpha value is -3.50. The van der Waals surface area contributed by atoms with Crippen LogP contribution in [0.5, 0.6) is 0 Å². The fourth-order valence-electron chi connectivity index (χ4n) is 4.92. The van der Waals surface area contributed by atoms with Gasteiger partial charge >= 0.3 is 0 Å². The summed E-state index contributed by atoms with van der Waals surface area (Å²) in [4.78, 5) is 10.9. The number of aryl methyl sites for hydroxylation is 2. The van der Waals surface area contributed by atoms with Crippen LogP contribution in [0.25, 0.3) is 5.57 Å².